The number of ether oxygens (including phenoxy) is 1. The van der Waals surface area contributed by atoms with Gasteiger partial charge in [0.15, 0.2) is 0 Å². The van der Waals surface area contributed by atoms with E-state index < -0.39 is 0 Å². The molecule has 0 saturated heterocycles. The molecular formula is C16H27NO. The van der Waals surface area contributed by atoms with Crippen molar-refractivity contribution in [3.8, 4) is 5.75 Å². The van der Waals surface area contributed by atoms with Gasteiger partial charge in [-0.2, -0.15) is 0 Å². The Morgan fingerprint density at radius 2 is 1.83 bits per heavy atom. The van der Waals surface area contributed by atoms with Crippen LogP contribution in [0, 0.1) is 0 Å². The molecule has 1 N–H and O–H groups in total. The maximum Gasteiger partial charge on any atom is 0.118 e. The zero-order valence-corrected chi connectivity index (χ0v) is 12.2. The van der Waals surface area contributed by atoms with Gasteiger partial charge in [0, 0.05) is 12.1 Å². The Hall–Kier alpha value is -1.02. The molecular weight excluding hydrogens is 222 g/mol. The third-order valence-electron chi connectivity index (χ3n) is 3.50. The predicted molar refractivity (Wildman–Crippen MR) is 78.1 cm³/mol. The van der Waals surface area contributed by atoms with E-state index in [2.05, 4.69) is 38.2 Å². The van der Waals surface area contributed by atoms with E-state index in [1.807, 2.05) is 12.1 Å². The lowest BCUT2D eigenvalue weighted by atomic mass is 10.0. The zero-order valence-electron chi connectivity index (χ0n) is 12.2. The molecule has 2 atom stereocenters. The molecule has 0 amide bonds. The van der Waals surface area contributed by atoms with Crippen LogP contribution in [-0.4, -0.2) is 13.2 Å². The SMILES string of the molecule is CCCCC(CC)N[C@H](C)c1ccc(OC)cc1. The van der Waals surface area contributed by atoms with E-state index >= 15 is 0 Å². The van der Waals surface area contributed by atoms with E-state index in [0.29, 0.717) is 12.1 Å². The summed E-state index contributed by atoms with van der Waals surface area (Å²) in [4.78, 5) is 0. The first-order valence-electron chi connectivity index (χ1n) is 7.11. The highest BCUT2D eigenvalue weighted by Crippen LogP contribution is 2.19. The maximum atomic E-state index is 5.18. The first-order valence-corrected chi connectivity index (χ1v) is 7.11. The highest BCUT2D eigenvalue weighted by molar-refractivity contribution is 5.28. The highest BCUT2D eigenvalue weighted by atomic mass is 16.5. The number of hydrogen-bond acceptors (Lipinski definition) is 2. The van der Waals surface area contributed by atoms with Crippen molar-refractivity contribution >= 4 is 0 Å². The van der Waals surface area contributed by atoms with E-state index in [4.69, 9.17) is 4.74 Å². The smallest absolute Gasteiger partial charge is 0.118 e. The van der Waals surface area contributed by atoms with Gasteiger partial charge in [-0.1, -0.05) is 38.8 Å². The molecule has 0 bridgehead atoms. The van der Waals surface area contributed by atoms with Crippen molar-refractivity contribution in [3.05, 3.63) is 29.8 Å². The van der Waals surface area contributed by atoms with Crippen molar-refractivity contribution in [1.82, 2.24) is 5.32 Å². The molecule has 0 saturated carbocycles. The monoisotopic (exact) mass is 249 g/mol. The Morgan fingerprint density at radius 3 is 2.33 bits per heavy atom. The third-order valence-corrected chi connectivity index (χ3v) is 3.50. The summed E-state index contributed by atoms with van der Waals surface area (Å²) in [6, 6.07) is 9.37. The molecule has 18 heavy (non-hydrogen) atoms. The Morgan fingerprint density at radius 1 is 1.17 bits per heavy atom. The van der Waals surface area contributed by atoms with Crippen molar-refractivity contribution in [3.63, 3.8) is 0 Å². The van der Waals surface area contributed by atoms with Gasteiger partial charge < -0.3 is 10.1 Å². The fourth-order valence-electron chi connectivity index (χ4n) is 2.20. The van der Waals surface area contributed by atoms with Crippen LogP contribution in [0.25, 0.3) is 0 Å². The summed E-state index contributed by atoms with van der Waals surface area (Å²) in [5.74, 6) is 0.920. The summed E-state index contributed by atoms with van der Waals surface area (Å²) < 4.78 is 5.18. The number of benzene rings is 1. The molecule has 102 valence electrons. The minimum absolute atomic E-state index is 0.401. The van der Waals surface area contributed by atoms with E-state index in [0.717, 1.165) is 5.75 Å². The Kier molecular flexibility index (Phi) is 6.81. The van der Waals surface area contributed by atoms with Crippen LogP contribution < -0.4 is 10.1 Å². The van der Waals surface area contributed by atoms with Gasteiger partial charge in [0.05, 0.1) is 7.11 Å². The molecule has 2 heteroatoms. The molecule has 0 radical (unpaired) electrons. The lowest BCUT2D eigenvalue weighted by Crippen LogP contribution is -2.30. The van der Waals surface area contributed by atoms with Crippen LogP contribution in [0.4, 0.5) is 0 Å². The Bertz CT molecular complexity index is 320. The molecule has 1 rings (SSSR count). The molecule has 0 aromatic heterocycles. The Labute approximate surface area is 112 Å². The molecule has 0 heterocycles. The molecule has 0 spiro atoms. The minimum atomic E-state index is 0.401. The Balaban J connectivity index is 2.53. The molecule has 0 fully saturated rings. The largest absolute Gasteiger partial charge is 0.497 e. The standard InChI is InChI=1S/C16H27NO/c1-5-7-8-15(6-2)17-13(3)14-9-11-16(18-4)12-10-14/h9-13,15,17H,5-8H2,1-4H3/t13-,15?/m1/s1. The quantitative estimate of drug-likeness (QED) is 0.741. The van der Waals surface area contributed by atoms with Crippen LogP contribution in [0.15, 0.2) is 24.3 Å². The van der Waals surface area contributed by atoms with Gasteiger partial charge in [-0.25, -0.2) is 0 Å². The van der Waals surface area contributed by atoms with E-state index in [1.54, 1.807) is 7.11 Å². The second kappa shape index (κ2) is 8.15. The molecule has 0 aliphatic carbocycles. The highest BCUT2D eigenvalue weighted by Gasteiger charge is 2.11. The van der Waals surface area contributed by atoms with Gasteiger partial charge in [-0.15, -0.1) is 0 Å². The molecule has 1 aromatic carbocycles. The second-order valence-corrected chi connectivity index (χ2v) is 4.91. The number of unbranched alkanes of at least 4 members (excludes halogenated alkanes) is 1. The van der Waals surface area contributed by atoms with Crippen molar-refractivity contribution in [2.24, 2.45) is 0 Å². The topological polar surface area (TPSA) is 21.3 Å². The maximum absolute atomic E-state index is 5.18. The third kappa shape index (κ3) is 4.69. The van der Waals surface area contributed by atoms with E-state index in [9.17, 15) is 0 Å². The summed E-state index contributed by atoms with van der Waals surface area (Å²) in [6.45, 7) is 6.74. The number of methoxy groups -OCH3 is 1. The molecule has 1 aromatic rings. The van der Waals surface area contributed by atoms with Crippen molar-refractivity contribution in [2.45, 2.75) is 58.5 Å². The van der Waals surface area contributed by atoms with Crippen molar-refractivity contribution < 1.29 is 4.74 Å². The number of rotatable bonds is 8. The van der Waals surface area contributed by atoms with Gasteiger partial charge in [-0.05, 0) is 37.5 Å². The lowest BCUT2D eigenvalue weighted by Gasteiger charge is -2.22. The fraction of sp³-hybridized carbons (Fsp3) is 0.625. The zero-order chi connectivity index (χ0) is 13.4. The van der Waals surface area contributed by atoms with Gasteiger partial charge in [0.25, 0.3) is 0 Å². The van der Waals surface area contributed by atoms with Gasteiger partial charge >= 0.3 is 0 Å². The minimum Gasteiger partial charge on any atom is -0.497 e. The van der Waals surface area contributed by atoms with E-state index in [1.165, 1.54) is 31.2 Å². The number of nitrogens with one attached hydrogen (secondary N) is 1. The first kappa shape index (κ1) is 15.0. The average Bonchev–Trinajstić information content (AvgIpc) is 2.43. The van der Waals surface area contributed by atoms with Crippen molar-refractivity contribution in [2.75, 3.05) is 7.11 Å². The fourth-order valence-corrected chi connectivity index (χ4v) is 2.20. The summed E-state index contributed by atoms with van der Waals surface area (Å²) in [5, 5.41) is 3.71. The van der Waals surface area contributed by atoms with Gasteiger partial charge in [-0.3, -0.25) is 0 Å². The van der Waals surface area contributed by atoms with Crippen LogP contribution >= 0.6 is 0 Å². The molecule has 0 aliphatic rings. The molecule has 1 unspecified atom stereocenters. The molecule has 2 nitrogen and oxygen atoms in total. The van der Waals surface area contributed by atoms with Crippen LogP contribution in [-0.2, 0) is 0 Å². The summed E-state index contributed by atoms with van der Waals surface area (Å²) >= 11 is 0. The predicted octanol–water partition coefficient (Wildman–Crippen LogP) is 4.31. The first-order chi connectivity index (χ1) is 8.71. The normalized spacial score (nSPS) is 14.2. The average molecular weight is 249 g/mol. The van der Waals surface area contributed by atoms with Crippen LogP contribution in [0.3, 0.4) is 0 Å². The summed E-state index contributed by atoms with van der Waals surface area (Å²) in [6.07, 6.45) is 5.05. The van der Waals surface area contributed by atoms with Gasteiger partial charge in [0.1, 0.15) is 5.75 Å². The van der Waals surface area contributed by atoms with Gasteiger partial charge in [0.2, 0.25) is 0 Å². The second-order valence-electron chi connectivity index (χ2n) is 4.91. The van der Waals surface area contributed by atoms with Crippen LogP contribution in [0.5, 0.6) is 5.75 Å². The number of hydrogen-bond donors (Lipinski definition) is 1. The van der Waals surface area contributed by atoms with E-state index in [-0.39, 0.29) is 0 Å². The summed E-state index contributed by atoms with van der Waals surface area (Å²) in [7, 11) is 1.70. The van der Waals surface area contributed by atoms with Crippen LogP contribution in [0.2, 0.25) is 0 Å². The summed E-state index contributed by atoms with van der Waals surface area (Å²) in [5.41, 5.74) is 1.32. The van der Waals surface area contributed by atoms with Crippen molar-refractivity contribution in [1.29, 1.82) is 0 Å². The van der Waals surface area contributed by atoms with Crippen LogP contribution in [0.1, 0.15) is 58.1 Å². The molecule has 0 aliphatic heterocycles. The lowest BCUT2D eigenvalue weighted by molar-refractivity contribution is 0.406.